The number of aryl methyl sites for hydroxylation is 1. The Bertz CT molecular complexity index is 1090. The zero-order chi connectivity index (χ0) is 21.0. The van der Waals surface area contributed by atoms with Gasteiger partial charge in [0.15, 0.2) is 0 Å². The molecule has 0 saturated carbocycles. The van der Waals surface area contributed by atoms with Crippen LogP contribution in [0.3, 0.4) is 0 Å². The summed E-state index contributed by atoms with van der Waals surface area (Å²) < 4.78 is 27.7. The molecule has 0 aliphatic heterocycles. The zero-order valence-corrected chi connectivity index (χ0v) is 18.4. The number of aromatic nitrogens is 1. The fourth-order valence-corrected chi connectivity index (χ4v) is 5.21. The Labute approximate surface area is 175 Å². The molecule has 0 bridgehead atoms. The predicted octanol–water partition coefficient (Wildman–Crippen LogP) is 3.36. The third kappa shape index (κ3) is 5.20. The van der Waals surface area contributed by atoms with Crippen LogP contribution in [-0.4, -0.2) is 43.2 Å². The summed E-state index contributed by atoms with van der Waals surface area (Å²) in [6.45, 7) is 3.66. The summed E-state index contributed by atoms with van der Waals surface area (Å²) in [6, 6.07) is 14.7. The first kappa shape index (κ1) is 21.4. The number of carbonyl (C=O) groups is 1. The minimum Gasteiger partial charge on any atom is -0.352 e. The van der Waals surface area contributed by atoms with E-state index in [0.29, 0.717) is 6.42 Å². The predicted molar refractivity (Wildman–Crippen MR) is 117 cm³/mol. The van der Waals surface area contributed by atoms with E-state index in [9.17, 15) is 13.2 Å². The van der Waals surface area contributed by atoms with Crippen molar-refractivity contribution in [3.63, 3.8) is 0 Å². The highest BCUT2D eigenvalue weighted by atomic mass is 32.2. The third-order valence-electron chi connectivity index (χ3n) is 4.72. The van der Waals surface area contributed by atoms with E-state index >= 15 is 0 Å². The van der Waals surface area contributed by atoms with Gasteiger partial charge in [-0.3, -0.25) is 4.79 Å². The largest absolute Gasteiger partial charge is 0.352 e. The highest BCUT2D eigenvalue weighted by Crippen LogP contribution is 2.25. The Morgan fingerprint density at radius 1 is 1.21 bits per heavy atom. The highest BCUT2D eigenvalue weighted by molar-refractivity contribution is 7.89. The molecule has 3 aromatic rings. The van der Waals surface area contributed by atoms with Gasteiger partial charge < -0.3 is 5.32 Å². The molecule has 3 rings (SSSR count). The van der Waals surface area contributed by atoms with Crippen LogP contribution in [0.25, 0.3) is 10.2 Å². The van der Waals surface area contributed by atoms with Gasteiger partial charge in [-0.1, -0.05) is 37.3 Å². The lowest BCUT2D eigenvalue weighted by molar-refractivity contribution is -0.121. The molecule has 1 amide bonds. The summed E-state index contributed by atoms with van der Waals surface area (Å²) in [5, 5.41) is 3.83. The number of sulfonamides is 1. The number of rotatable bonds is 8. The second-order valence-electron chi connectivity index (χ2n) is 6.99. The Hall–Kier alpha value is -2.29. The number of likely N-dealkylation sites (N-methyl/N-ethyl adjacent to an activating group) is 1. The first-order valence-corrected chi connectivity index (χ1v) is 11.7. The molecule has 1 heterocycles. The number of nitrogens with one attached hydrogen (secondary N) is 1. The van der Waals surface area contributed by atoms with Crippen molar-refractivity contribution < 1.29 is 13.2 Å². The van der Waals surface area contributed by atoms with Crippen molar-refractivity contribution in [2.75, 3.05) is 13.6 Å². The van der Waals surface area contributed by atoms with E-state index in [0.717, 1.165) is 31.5 Å². The van der Waals surface area contributed by atoms with Crippen LogP contribution in [0.4, 0.5) is 0 Å². The van der Waals surface area contributed by atoms with Gasteiger partial charge in [0.25, 0.3) is 0 Å². The number of benzene rings is 2. The van der Waals surface area contributed by atoms with Crippen LogP contribution in [0.1, 0.15) is 23.9 Å². The minimum absolute atomic E-state index is 0.0440. The normalized spacial score (nSPS) is 13.0. The second-order valence-corrected chi connectivity index (χ2v) is 10.3. The van der Waals surface area contributed by atoms with Crippen molar-refractivity contribution in [1.82, 2.24) is 14.6 Å². The van der Waals surface area contributed by atoms with Crippen LogP contribution in [0.15, 0.2) is 53.4 Å². The first-order valence-electron chi connectivity index (χ1n) is 9.46. The fourth-order valence-electron chi connectivity index (χ4n) is 3.12. The van der Waals surface area contributed by atoms with Crippen molar-refractivity contribution in [2.45, 2.75) is 37.6 Å². The van der Waals surface area contributed by atoms with E-state index in [1.807, 2.05) is 44.2 Å². The Morgan fingerprint density at radius 2 is 1.93 bits per heavy atom. The molecular weight excluding hydrogens is 406 g/mol. The molecule has 29 heavy (non-hydrogen) atoms. The fraction of sp³-hybridized carbons (Fsp3) is 0.333. The summed E-state index contributed by atoms with van der Waals surface area (Å²) in [5.74, 6) is -0.312. The van der Waals surface area contributed by atoms with Crippen molar-refractivity contribution in [3.8, 4) is 0 Å². The van der Waals surface area contributed by atoms with Crippen LogP contribution < -0.4 is 5.32 Å². The van der Waals surface area contributed by atoms with Gasteiger partial charge in [0.2, 0.25) is 15.9 Å². The molecule has 0 aliphatic rings. The summed E-state index contributed by atoms with van der Waals surface area (Å²) in [5.41, 5.74) is 1.91. The maximum atomic E-state index is 12.9. The van der Waals surface area contributed by atoms with E-state index in [1.54, 1.807) is 12.1 Å². The average molecular weight is 432 g/mol. The summed E-state index contributed by atoms with van der Waals surface area (Å²) in [4.78, 5) is 17.0. The number of fused-ring (bicyclic) bond motifs is 1. The van der Waals surface area contributed by atoms with Gasteiger partial charge in [0, 0.05) is 13.1 Å². The van der Waals surface area contributed by atoms with E-state index in [-0.39, 0.29) is 23.4 Å². The number of carbonyl (C=O) groups excluding carboxylic acids is 1. The van der Waals surface area contributed by atoms with E-state index in [2.05, 4.69) is 10.3 Å². The summed E-state index contributed by atoms with van der Waals surface area (Å²) >= 11 is 1.45. The summed E-state index contributed by atoms with van der Waals surface area (Å²) in [7, 11) is -2.34. The van der Waals surface area contributed by atoms with Gasteiger partial charge in [-0.2, -0.15) is 4.31 Å². The molecule has 1 atom stereocenters. The monoisotopic (exact) mass is 431 g/mol. The van der Waals surface area contributed by atoms with Gasteiger partial charge in [0.1, 0.15) is 0 Å². The number of thiazole rings is 1. The lowest BCUT2D eigenvalue weighted by Crippen LogP contribution is -2.43. The SMILES string of the molecule is CC[C@H](Cc1ccccc1)NC(=O)CN(C)S(=O)(=O)c1ccc2nc(C)sc2c1. The topological polar surface area (TPSA) is 79.4 Å². The molecular formula is C21H25N3O3S2. The maximum Gasteiger partial charge on any atom is 0.243 e. The van der Waals surface area contributed by atoms with Gasteiger partial charge in [-0.05, 0) is 43.5 Å². The van der Waals surface area contributed by atoms with Crippen molar-refractivity contribution in [3.05, 3.63) is 59.1 Å². The van der Waals surface area contributed by atoms with Gasteiger partial charge in [0.05, 0.1) is 26.7 Å². The van der Waals surface area contributed by atoms with Gasteiger partial charge in [-0.25, -0.2) is 13.4 Å². The molecule has 6 nitrogen and oxygen atoms in total. The van der Waals surface area contributed by atoms with Gasteiger partial charge in [-0.15, -0.1) is 11.3 Å². The standard InChI is InChI=1S/C21H25N3O3S2/c1-4-17(12-16-8-6-5-7-9-16)23-21(25)14-24(3)29(26,27)18-10-11-19-20(13-18)28-15(2)22-19/h5-11,13,17H,4,12,14H2,1-3H3,(H,23,25)/t17-/m1/s1. The quantitative estimate of drug-likeness (QED) is 0.593. The zero-order valence-electron chi connectivity index (χ0n) is 16.8. The molecule has 2 aromatic carbocycles. The smallest absolute Gasteiger partial charge is 0.243 e. The Balaban J connectivity index is 1.66. The van der Waals surface area contributed by atoms with Crippen molar-refractivity contribution in [1.29, 1.82) is 0 Å². The molecule has 0 unspecified atom stereocenters. The van der Waals surface area contributed by atoms with Crippen LogP contribution in [-0.2, 0) is 21.2 Å². The molecule has 0 saturated heterocycles. The second kappa shape index (κ2) is 9.02. The molecule has 0 fully saturated rings. The number of nitrogens with zero attached hydrogens (tertiary/aromatic N) is 2. The first-order chi connectivity index (χ1) is 13.8. The maximum absolute atomic E-state index is 12.9. The average Bonchev–Trinajstić information content (AvgIpc) is 3.07. The lowest BCUT2D eigenvalue weighted by Gasteiger charge is -2.21. The van der Waals surface area contributed by atoms with E-state index < -0.39 is 10.0 Å². The minimum atomic E-state index is -3.77. The van der Waals surface area contributed by atoms with Crippen LogP contribution in [0.2, 0.25) is 0 Å². The van der Waals surface area contributed by atoms with Crippen molar-refractivity contribution >= 4 is 37.5 Å². The van der Waals surface area contributed by atoms with E-state index in [4.69, 9.17) is 0 Å². The molecule has 1 aromatic heterocycles. The molecule has 0 spiro atoms. The Kier molecular flexibility index (Phi) is 6.66. The molecule has 154 valence electrons. The lowest BCUT2D eigenvalue weighted by atomic mass is 10.0. The number of hydrogen-bond donors (Lipinski definition) is 1. The number of hydrogen-bond acceptors (Lipinski definition) is 5. The van der Waals surface area contributed by atoms with Gasteiger partial charge >= 0.3 is 0 Å². The highest BCUT2D eigenvalue weighted by Gasteiger charge is 2.24. The number of amides is 1. The van der Waals surface area contributed by atoms with Crippen LogP contribution in [0.5, 0.6) is 0 Å². The summed E-state index contributed by atoms with van der Waals surface area (Å²) in [6.07, 6.45) is 1.47. The molecule has 8 heteroatoms. The van der Waals surface area contributed by atoms with Crippen LogP contribution >= 0.6 is 11.3 Å². The van der Waals surface area contributed by atoms with Crippen LogP contribution in [0, 0.1) is 6.92 Å². The van der Waals surface area contributed by atoms with Crippen molar-refractivity contribution in [2.24, 2.45) is 0 Å². The Morgan fingerprint density at radius 3 is 2.62 bits per heavy atom. The molecule has 0 radical (unpaired) electrons. The molecule has 1 N–H and O–H groups in total. The van der Waals surface area contributed by atoms with E-state index in [1.165, 1.54) is 24.5 Å². The molecule has 0 aliphatic carbocycles. The third-order valence-corrected chi connectivity index (χ3v) is 7.46.